The smallest absolute Gasteiger partial charge is 0.326 e. The summed E-state index contributed by atoms with van der Waals surface area (Å²) in [7, 11) is 0. The maximum Gasteiger partial charge on any atom is 0.326 e. The summed E-state index contributed by atoms with van der Waals surface area (Å²) in [5.74, 6) is -1.15. The fourth-order valence-electron chi connectivity index (χ4n) is 2.45. The minimum Gasteiger partial charge on any atom is -0.480 e. The highest BCUT2D eigenvalue weighted by atomic mass is 16.4. The number of benzene rings is 1. The third-order valence-electron chi connectivity index (χ3n) is 3.79. The van der Waals surface area contributed by atoms with Gasteiger partial charge in [-0.1, -0.05) is 36.8 Å². The molecule has 5 heteroatoms. The number of nitrogens with two attached hydrogens (primary N) is 1. The Morgan fingerprint density at radius 1 is 1.04 bits per heavy atom. The Bertz CT molecular complexity index is 463. The van der Waals surface area contributed by atoms with Crippen LogP contribution in [0.15, 0.2) is 30.3 Å². The molecule has 0 aliphatic heterocycles. The molecule has 0 saturated heterocycles. The summed E-state index contributed by atoms with van der Waals surface area (Å²) >= 11 is 0. The normalized spacial score (nSPS) is 11.9. The molecule has 128 valence electrons. The third-order valence-corrected chi connectivity index (χ3v) is 3.79. The van der Waals surface area contributed by atoms with Gasteiger partial charge < -0.3 is 16.2 Å². The Hall–Kier alpha value is -1.88. The second-order valence-corrected chi connectivity index (χ2v) is 5.79. The lowest BCUT2D eigenvalue weighted by atomic mass is 10.1. The van der Waals surface area contributed by atoms with Crippen molar-refractivity contribution in [1.29, 1.82) is 0 Å². The van der Waals surface area contributed by atoms with Crippen molar-refractivity contribution in [3.05, 3.63) is 35.9 Å². The fourth-order valence-corrected chi connectivity index (χ4v) is 2.45. The van der Waals surface area contributed by atoms with Crippen LogP contribution in [0, 0.1) is 0 Å². The number of rotatable bonds is 12. The summed E-state index contributed by atoms with van der Waals surface area (Å²) in [5.41, 5.74) is 6.70. The molecule has 1 aromatic carbocycles. The number of aryl methyl sites for hydroxylation is 1. The Kier molecular flexibility index (Phi) is 9.71. The molecular formula is C18H28N2O3. The van der Waals surface area contributed by atoms with E-state index < -0.39 is 12.0 Å². The number of carbonyl (C=O) groups is 2. The Balaban J connectivity index is 2.15. The van der Waals surface area contributed by atoms with Gasteiger partial charge in [0.15, 0.2) is 0 Å². The number of aliphatic carboxylic acids is 1. The molecule has 1 atom stereocenters. The highest BCUT2D eigenvalue weighted by molar-refractivity contribution is 5.83. The summed E-state index contributed by atoms with van der Waals surface area (Å²) in [6.45, 7) is 0.543. The van der Waals surface area contributed by atoms with Crippen LogP contribution in [0.5, 0.6) is 0 Å². The van der Waals surface area contributed by atoms with Crippen LogP contribution in [0.25, 0.3) is 0 Å². The van der Waals surface area contributed by atoms with E-state index in [1.807, 2.05) is 18.2 Å². The minimum atomic E-state index is -0.973. The second kappa shape index (κ2) is 11.7. The molecule has 0 heterocycles. The van der Waals surface area contributed by atoms with E-state index >= 15 is 0 Å². The quantitative estimate of drug-likeness (QED) is 0.516. The molecule has 1 amide bonds. The lowest BCUT2D eigenvalue weighted by Gasteiger charge is -2.14. The molecule has 0 saturated carbocycles. The highest BCUT2D eigenvalue weighted by Gasteiger charge is 2.18. The molecule has 0 aromatic heterocycles. The molecule has 1 aromatic rings. The SMILES string of the molecule is NCCCC[C@H](NC(=O)CCCCCc1ccccc1)C(=O)O. The van der Waals surface area contributed by atoms with E-state index in [-0.39, 0.29) is 5.91 Å². The number of carboxylic acid groups (broad SMARTS) is 1. The minimum absolute atomic E-state index is 0.176. The van der Waals surface area contributed by atoms with Gasteiger partial charge in [0.1, 0.15) is 6.04 Å². The van der Waals surface area contributed by atoms with Gasteiger partial charge in [0.05, 0.1) is 0 Å². The van der Waals surface area contributed by atoms with E-state index in [4.69, 9.17) is 10.8 Å². The lowest BCUT2D eigenvalue weighted by molar-refractivity contribution is -0.142. The summed E-state index contributed by atoms with van der Waals surface area (Å²) in [6, 6.07) is 9.47. The Labute approximate surface area is 138 Å². The molecule has 0 bridgehead atoms. The molecule has 0 radical (unpaired) electrons. The first-order valence-electron chi connectivity index (χ1n) is 8.39. The van der Waals surface area contributed by atoms with E-state index in [0.717, 1.165) is 32.1 Å². The molecule has 0 aliphatic rings. The Morgan fingerprint density at radius 3 is 2.43 bits per heavy atom. The first-order chi connectivity index (χ1) is 11.1. The zero-order valence-corrected chi connectivity index (χ0v) is 13.7. The standard InChI is InChI=1S/C18H28N2O3/c19-14-8-7-12-16(18(22)23)20-17(21)13-6-2-5-11-15-9-3-1-4-10-15/h1,3-4,9-10,16H,2,5-8,11-14,19H2,(H,20,21)(H,22,23)/t16-/m0/s1. The maximum atomic E-state index is 11.8. The number of carboxylic acids is 1. The first-order valence-corrected chi connectivity index (χ1v) is 8.39. The van der Waals surface area contributed by atoms with Crippen molar-refractivity contribution < 1.29 is 14.7 Å². The van der Waals surface area contributed by atoms with Gasteiger partial charge in [-0.05, 0) is 50.6 Å². The molecule has 0 spiro atoms. The van der Waals surface area contributed by atoms with Crippen molar-refractivity contribution in [2.75, 3.05) is 6.54 Å². The second-order valence-electron chi connectivity index (χ2n) is 5.79. The van der Waals surface area contributed by atoms with Gasteiger partial charge in [0.25, 0.3) is 0 Å². The average molecular weight is 320 g/mol. The van der Waals surface area contributed by atoms with Crippen LogP contribution in [0.3, 0.4) is 0 Å². The topological polar surface area (TPSA) is 92.4 Å². The van der Waals surface area contributed by atoms with Gasteiger partial charge in [-0.2, -0.15) is 0 Å². The van der Waals surface area contributed by atoms with Crippen LogP contribution in [0.2, 0.25) is 0 Å². The Morgan fingerprint density at radius 2 is 1.78 bits per heavy atom. The van der Waals surface area contributed by atoms with E-state index in [2.05, 4.69) is 17.4 Å². The van der Waals surface area contributed by atoms with Crippen molar-refractivity contribution in [2.24, 2.45) is 5.73 Å². The van der Waals surface area contributed by atoms with Crippen LogP contribution in [-0.4, -0.2) is 29.6 Å². The number of hydrogen-bond acceptors (Lipinski definition) is 3. The number of nitrogens with one attached hydrogen (secondary N) is 1. The van der Waals surface area contributed by atoms with Crippen LogP contribution in [-0.2, 0) is 16.0 Å². The molecule has 4 N–H and O–H groups in total. The van der Waals surface area contributed by atoms with E-state index in [1.54, 1.807) is 0 Å². The molecule has 5 nitrogen and oxygen atoms in total. The summed E-state index contributed by atoms with van der Waals surface area (Å²) < 4.78 is 0. The molecule has 0 aliphatic carbocycles. The van der Waals surface area contributed by atoms with Crippen LogP contribution in [0.1, 0.15) is 50.5 Å². The van der Waals surface area contributed by atoms with Gasteiger partial charge in [0.2, 0.25) is 5.91 Å². The van der Waals surface area contributed by atoms with Crippen LogP contribution >= 0.6 is 0 Å². The number of carbonyl (C=O) groups excluding carboxylic acids is 1. The molecular weight excluding hydrogens is 292 g/mol. The van der Waals surface area contributed by atoms with Crippen molar-refractivity contribution in [3.63, 3.8) is 0 Å². The zero-order valence-electron chi connectivity index (χ0n) is 13.7. The van der Waals surface area contributed by atoms with E-state index in [0.29, 0.717) is 25.8 Å². The fraction of sp³-hybridized carbons (Fsp3) is 0.556. The van der Waals surface area contributed by atoms with Crippen LogP contribution in [0.4, 0.5) is 0 Å². The molecule has 0 unspecified atom stereocenters. The number of unbranched alkanes of at least 4 members (excludes halogenated alkanes) is 3. The summed E-state index contributed by atoms with van der Waals surface area (Å²) in [4.78, 5) is 22.9. The largest absolute Gasteiger partial charge is 0.480 e. The van der Waals surface area contributed by atoms with Gasteiger partial charge in [-0.3, -0.25) is 4.79 Å². The molecule has 0 fully saturated rings. The van der Waals surface area contributed by atoms with Gasteiger partial charge in [0, 0.05) is 6.42 Å². The summed E-state index contributed by atoms with van der Waals surface area (Å²) in [6.07, 6.45) is 6.11. The van der Waals surface area contributed by atoms with Crippen molar-refractivity contribution >= 4 is 11.9 Å². The van der Waals surface area contributed by atoms with Crippen molar-refractivity contribution in [3.8, 4) is 0 Å². The maximum absolute atomic E-state index is 11.8. The van der Waals surface area contributed by atoms with Crippen molar-refractivity contribution in [2.45, 2.75) is 57.4 Å². The number of hydrogen-bond donors (Lipinski definition) is 3. The van der Waals surface area contributed by atoms with Gasteiger partial charge >= 0.3 is 5.97 Å². The van der Waals surface area contributed by atoms with E-state index in [9.17, 15) is 9.59 Å². The summed E-state index contributed by atoms with van der Waals surface area (Å²) in [5, 5.41) is 11.7. The number of amides is 1. The predicted octanol–water partition coefficient (Wildman–Crippen LogP) is 2.49. The van der Waals surface area contributed by atoms with E-state index in [1.165, 1.54) is 5.56 Å². The molecule has 1 rings (SSSR count). The van der Waals surface area contributed by atoms with Gasteiger partial charge in [-0.25, -0.2) is 4.79 Å². The lowest BCUT2D eigenvalue weighted by Crippen LogP contribution is -2.40. The average Bonchev–Trinajstić information content (AvgIpc) is 2.54. The molecule has 23 heavy (non-hydrogen) atoms. The highest BCUT2D eigenvalue weighted by Crippen LogP contribution is 2.08. The zero-order chi connectivity index (χ0) is 16.9. The van der Waals surface area contributed by atoms with Gasteiger partial charge in [-0.15, -0.1) is 0 Å². The monoisotopic (exact) mass is 320 g/mol. The van der Waals surface area contributed by atoms with Crippen molar-refractivity contribution in [1.82, 2.24) is 5.32 Å². The van der Waals surface area contributed by atoms with Crippen LogP contribution < -0.4 is 11.1 Å². The predicted molar refractivity (Wildman–Crippen MR) is 91.1 cm³/mol. The third kappa shape index (κ3) is 8.98. The first kappa shape index (κ1) is 19.2.